The van der Waals surface area contributed by atoms with Crippen LogP contribution in [0.15, 0.2) is 0 Å². The monoisotopic (exact) mass is 315 g/mol. The van der Waals surface area contributed by atoms with E-state index in [1.165, 1.54) is 25.7 Å². The molecule has 0 radical (unpaired) electrons. The van der Waals surface area contributed by atoms with Crippen LogP contribution in [-0.4, -0.2) is 41.9 Å². The van der Waals surface area contributed by atoms with E-state index in [0.717, 1.165) is 19.3 Å². The van der Waals surface area contributed by atoms with Crippen molar-refractivity contribution in [2.45, 2.75) is 57.0 Å². The van der Waals surface area contributed by atoms with E-state index in [1.807, 2.05) is 4.90 Å². The van der Waals surface area contributed by atoms with E-state index in [4.69, 9.17) is 5.73 Å². The van der Waals surface area contributed by atoms with E-state index in [0.29, 0.717) is 25.0 Å². The van der Waals surface area contributed by atoms with Crippen LogP contribution in [0, 0.1) is 11.8 Å². The third-order valence-electron chi connectivity index (χ3n) is 5.37. The van der Waals surface area contributed by atoms with Gasteiger partial charge >= 0.3 is 0 Å². The molecule has 1 saturated carbocycles. The minimum absolute atomic E-state index is 0. The number of piperidine rings is 1. The molecular weight excluding hydrogens is 290 g/mol. The first-order chi connectivity index (χ1) is 9.65. The molecule has 2 saturated heterocycles. The Hall–Kier alpha value is -0.810. The number of rotatable bonds is 2. The van der Waals surface area contributed by atoms with E-state index in [2.05, 4.69) is 5.32 Å². The summed E-state index contributed by atoms with van der Waals surface area (Å²) in [5.41, 5.74) is 5.34. The number of nitrogens with zero attached hydrogens (tertiary/aromatic N) is 1. The smallest absolute Gasteiger partial charge is 0.239 e. The molecule has 0 aromatic rings. The van der Waals surface area contributed by atoms with E-state index in [9.17, 15) is 9.59 Å². The Morgan fingerprint density at radius 1 is 1.05 bits per heavy atom. The Morgan fingerprint density at radius 2 is 1.71 bits per heavy atom. The van der Waals surface area contributed by atoms with Crippen molar-refractivity contribution in [3.63, 3.8) is 0 Å². The van der Waals surface area contributed by atoms with Gasteiger partial charge in [0.15, 0.2) is 0 Å². The van der Waals surface area contributed by atoms with Crippen LogP contribution < -0.4 is 11.1 Å². The lowest BCUT2D eigenvalue weighted by Gasteiger charge is -2.32. The van der Waals surface area contributed by atoms with Gasteiger partial charge in [0, 0.05) is 25.0 Å². The topological polar surface area (TPSA) is 75.4 Å². The average molecular weight is 316 g/mol. The van der Waals surface area contributed by atoms with Gasteiger partial charge in [0.1, 0.15) is 0 Å². The lowest BCUT2D eigenvalue weighted by molar-refractivity contribution is -0.136. The number of hydrogen-bond acceptors (Lipinski definition) is 3. The molecule has 0 bridgehead atoms. The van der Waals surface area contributed by atoms with Crippen LogP contribution in [0.4, 0.5) is 0 Å². The molecule has 0 aromatic heterocycles. The molecule has 3 aliphatic rings. The molecule has 21 heavy (non-hydrogen) atoms. The maximum atomic E-state index is 12.6. The van der Waals surface area contributed by atoms with Gasteiger partial charge in [0.05, 0.1) is 6.04 Å². The highest BCUT2D eigenvalue weighted by Gasteiger charge is 2.40. The van der Waals surface area contributed by atoms with Crippen molar-refractivity contribution in [3.8, 4) is 0 Å². The Bertz CT molecular complexity index is 382. The average Bonchev–Trinajstić information content (AvgIpc) is 2.90. The molecule has 2 amide bonds. The molecule has 3 N–H and O–H groups in total. The predicted octanol–water partition coefficient (Wildman–Crippen LogP) is 1.05. The first-order valence-electron chi connectivity index (χ1n) is 7.99. The lowest BCUT2D eigenvalue weighted by atomic mass is 9.85. The van der Waals surface area contributed by atoms with Crippen molar-refractivity contribution in [3.05, 3.63) is 0 Å². The first-order valence-corrected chi connectivity index (χ1v) is 7.99. The molecule has 6 heteroatoms. The quantitative estimate of drug-likeness (QED) is 0.800. The molecule has 1 aliphatic carbocycles. The number of hydrogen-bond donors (Lipinski definition) is 2. The summed E-state index contributed by atoms with van der Waals surface area (Å²) in [6.45, 7) is 1.36. The fourth-order valence-corrected chi connectivity index (χ4v) is 4.12. The summed E-state index contributed by atoms with van der Waals surface area (Å²) in [5.74, 6) is 0.670. The summed E-state index contributed by atoms with van der Waals surface area (Å²) < 4.78 is 0. The van der Waals surface area contributed by atoms with Crippen molar-refractivity contribution in [1.82, 2.24) is 10.2 Å². The van der Waals surface area contributed by atoms with Gasteiger partial charge in [-0.05, 0) is 38.0 Å². The van der Waals surface area contributed by atoms with E-state index in [1.54, 1.807) is 0 Å². The van der Waals surface area contributed by atoms with Crippen LogP contribution in [-0.2, 0) is 9.59 Å². The molecule has 2 heterocycles. The van der Waals surface area contributed by atoms with Gasteiger partial charge in [0.25, 0.3) is 0 Å². The second-order valence-electron chi connectivity index (χ2n) is 6.61. The summed E-state index contributed by atoms with van der Waals surface area (Å²) >= 11 is 0. The van der Waals surface area contributed by atoms with Crippen LogP contribution in [0.3, 0.4) is 0 Å². The second-order valence-corrected chi connectivity index (χ2v) is 6.61. The highest BCUT2D eigenvalue weighted by Crippen LogP contribution is 2.34. The zero-order chi connectivity index (χ0) is 14.1. The molecule has 3 unspecified atom stereocenters. The highest BCUT2D eigenvalue weighted by molar-refractivity contribution is 5.85. The van der Waals surface area contributed by atoms with Gasteiger partial charge in [0.2, 0.25) is 11.8 Å². The molecule has 0 spiro atoms. The predicted molar refractivity (Wildman–Crippen MR) is 83.0 cm³/mol. The summed E-state index contributed by atoms with van der Waals surface area (Å²) in [7, 11) is 0. The lowest BCUT2D eigenvalue weighted by Crippen LogP contribution is -2.49. The van der Waals surface area contributed by atoms with Crippen LogP contribution in [0.2, 0.25) is 0 Å². The van der Waals surface area contributed by atoms with Gasteiger partial charge in [-0.1, -0.05) is 12.8 Å². The normalized spacial score (nSPS) is 33.1. The van der Waals surface area contributed by atoms with E-state index in [-0.39, 0.29) is 36.2 Å². The minimum atomic E-state index is -0.220. The Morgan fingerprint density at radius 3 is 2.33 bits per heavy atom. The van der Waals surface area contributed by atoms with Crippen molar-refractivity contribution in [2.24, 2.45) is 17.6 Å². The first kappa shape index (κ1) is 16.6. The molecule has 3 atom stereocenters. The van der Waals surface area contributed by atoms with Crippen LogP contribution in [0.5, 0.6) is 0 Å². The maximum Gasteiger partial charge on any atom is 0.239 e. The zero-order valence-electron chi connectivity index (χ0n) is 12.4. The van der Waals surface area contributed by atoms with Crippen LogP contribution in [0.1, 0.15) is 44.9 Å². The van der Waals surface area contributed by atoms with Crippen molar-refractivity contribution >= 4 is 24.2 Å². The third-order valence-corrected chi connectivity index (χ3v) is 5.37. The number of carbonyl (C=O) groups excluding carboxylic acids is 2. The van der Waals surface area contributed by atoms with Gasteiger partial charge in [-0.15, -0.1) is 12.4 Å². The minimum Gasteiger partial charge on any atom is -0.369 e. The fraction of sp³-hybridized carbons (Fsp3) is 0.867. The van der Waals surface area contributed by atoms with Gasteiger partial charge in [-0.25, -0.2) is 0 Å². The van der Waals surface area contributed by atoms with Gasteiger partial charge < -0.3 is 16.0 Å². The van der Waals surface area contributed by atoms with Crippen LogP contribution in [0.25, 0.3) is 0 Å². The van der Waals surface area contributed by atoms with Crippen molar-refractivity contribution in [1.29, 1.82) is 0 Å². The van der Waals surface area contributed by atoms with E-state index < -0.39 is 0 Å². The molecule has 5 nitrogen and oxygen atoms in total. The number of nitrogens with two attached hydrogens (primary N) is 1. The van der Waals surface area contributed by atoms with Gasteiger partial charge in [-0.3, -0.25) is 9.59 Å². The number of carbonyl (C=O) groups is 2. The Labute approximate surface area is 132 Å². The summed E-state index contributed by atoms with van der Waals surface area (Å²) in [6, 6.07) is 0.564. The molecular formula is C15H26ClN3O2. The number of halogens is 1. The number of likely N-dealkylation sites (tertiary alicyclic amines) is 1. The molecule has 3 fully saturated rings. The third kappa shape index (κ3) is 3.51. The summed E-state index contributed by atoms with van der Waals surface area (Å²) in [5, 5.41) is 3.54. The maximum absolute atomic E-state index is 12.6. The van der Waals surface area contributed by atoms with Gasteiger partial charge in [-0.2, -0.15) is 0 Å². The zero-order valence-corrected chi connectivity index (χ0v) is 13.2. The fourth-order valence-electron chi connectivity index (χ4n) is 4.12. The standard InChI is InChI=1S/C15H25N3O2.ClH/c16-14(19)10-5-7-18(8-6-10)15(20)13-9-11-3-1-2-4-12(11)17-13;/h10-13,17H,1-9H2,(H2,16,19);1H. The van der Waals surface area contributed by atoms with E-state index >= 15 is 0 Å². The Kier molecular flexibility index (Phi) is 5.49. The number of fused-ring (bicyclic) bond motifs is 1. The largest absolute Gasteiger partial charge is 0.369 e. The van der Waals surface area contributed by atoms with Crippen LogP contribution >= 0.6 is 12.4 Å². The molecule has 120 valence electrons. The summed E-state index contributed by atoms with van der Waals surface area (Å²) in [6.07, 6.45) is 7.54. The second kappa shape index (κ2) is 6.97. The Balaban J connectivity index is 0.00000161. The number of amides is 2. The number of nitrogens with one attached hydrogen (secondary N) is 1. The summed E-state index contributed by atoms with van der Waals surface area (Å²) in [4.78, 5) is 25.7. The van der Waals surface area contributed by atoms with Crippen molar-refractivity contribution < 1.29 is 9.59 Å². The molecule has 3 rings (SSSR count). The van der Waals surface area contributed by atoms with Crippen molar-refractivity contribution in [2.75, 3.05) is 13.1 Å². The number of primary amides is 1. The highest BCUT2D eigenvalue weighted by atomic mass is 35.5. The SMILES string of the molecule is Cl.NC(=O)C1CCN(C(=O)C2CC3CCCCC3N2)CC1. The molecule has 0 aromatic carbocycles. The molecule has 2 aliphatic heterocycles.